The fourth-order valence-electron chi connectivity index (χ4n) is 9.10. The topological polar surface area (TPSA) is 80.5 Å². The van der Waals surface area contributed by atoms with Crippen LogP contribution in [0, 0.1) is 11.3 Å². The Hall–Kier alpha value is -8.92. The summed E-state index contributed by atoms with van der Waals surface area (Å²) in [7, 11) is 0. The maximum Gasteiger partial charge on any atom is 0.164 e. The van der Waals surface area contributed by atoms with Gasteiger partial charge in [0.05, 0.1) is 22.7 Å². The van der Waals surface area contributed by atoms with Gasteiger partial charge in [-0.2, -0.15) is 5.26 Å². The lowest BCUT2D eigenvalue weighted by molar-refractivity contribution is 0.669. The summed E-state index contributed by atoms with van der Waals surface area (Å²) >= 11 is 0. The second-order valence-corrected chi connectivity index (χ2v) is 15.9. The molecule has 3 heterocycles. The molecule has 0 unspecified atom stereocenters. The van der Waals surface area contributed by atoms with Crippen molar-refractivity contribution in [3.05, 3.63) is 218 Å². The van der Waals surface area contributed by atoms with Crippen molar-refractivity contribution in [1.82, 2.24) is 19.5 Å². The first kappa shape index (κ1) is 36.9. The number of aromatic nitrogens is 4. The van der Waals surface area contributed by atoms with Gasteiger partial charge in [-0.15, -0.1) is 0 Å². The van der Waals surface area contributed by atoms with E-state index in [0.717, 1.165) is 93.9 Å². The largest absolute Gasteiger partial charge is 0.456 e. The van der Waals surface area contributed by atoms with Gasteiger partial charge in [0.25, 0.3) is 0 Å². The summed E-state index contributed by atoms with van der Waals surface area (Å²) in [6.45, 7) is 0. The summed E-state index contributed by atoms with van der Waals surface area (Å²) in [5.41, 5.74) is 14.5. The minimum absolute atomic E-state index is 0.535. The highest BCUT2D eigenvalue weighted by atomic mass is 16.3. The lowest BCUT2D eigenvalue weighted by Crippen LogP contribution is -2.00. The van der Waals surface area contributed by atoms with E-state index in [-0.39, 0.29) is 0 Å². The molecule has 0 saturated carbocycles. The third-order valence-corrected chi connectivity index (χ3v) is 12.1. The number of furan rings is 1. The zero-order chi connectivity index (χ0) is 42.6. The molecule has 0 aliphatic carbocycles. The van der Waals surface area contributed by atoms with Crippen molar-refractivity contribution in [1.29, 1.82) is 5.26 Å². The molecule has 0 aliphatic heterocycles. The van der Waals surface area contributed by atoms with Gasteiger partial charge in [0, 0.05) is 43.9 Å². The molecular weight excluding hydrogens is 783 g/mol. The molecular formula is C58H35N5O. The minimum Gasteiger partial charge on any atom is -0.456 e. The molecule has 64 heavy (non-hydrogen) atoms. The van der Waals surface area contributed by atoms with E-state index in [1.165, 1.54) is 5.56 Å². The van der Waals surface area contributed by atoms with E-state index < -0.39 is 0 Å². The second-order valence-electron chi connectivity index (χ2n) is 15.9. The fourth-order valence-corrected chi connectivity index (χ4v) is 9.10. The predicted octanol–water partition coefficient (Wildman–Crippen LogP) is 14.7. The molecule has 9 aromatic carbocycles. The van der Waals surface area contributed by atoms with Crippen molar-refractivity contribution in [2.24, 2.45) is 0 Å². The maximum absolute atomic E-state index is 9.55. The SMILES string of the molecule is N#Cc1cccc(-c2ccc(-c3nc(-c4ccc5c(c4)oc4cccc(-c6cccc(-c7ccccc7)c6)c45)nc(-c4cccc5c4c4ccccc4n5-c4ccccc4)n3)cc2)c1. The van der Waals surface area contributed by atoms with E-state index in [1.54, 1.807) is 0 Å². The zero-order valence-corrected chi connectivity index (χ0v) is 34.4. The number of nitrogens with zero attached hydrogens (tertiary/aromatic N) is 5. The molecule has 12 rings (SSSR count). The van der Waals surface area contributed by atoms with Gasteiger partial charge < -0.3 is 8.98 Å². The summed E-state index contributed by atoms with van der Waals surface area (Å²) in [5.74, 6) is 1.65. The Kier molecular flexibility index (Phi) is 8.77. The summed E-state index contributed by atoms with van der Waals surface area (Å²) in [4.78, 5) is 15.7. The van der Waals surface area contributed by atoms with Gasteiger partial charge in [-0.1, -0.05) is 152 Å². The molecule has 6 nitrogen and oxygen atoms in total. The van der Waals surface area contributed by atoms with Crippen LogP contribution in [0.4, 0.5) is 0 Å². The van der Waals surface area contributed by atoms with E-state index in [1.807, 2.05) is 54.6 Å². The van der Waals surface area contributed by atoms with Gasteiger partial charge in [-0.3, -0.25) is 0 Å². The molecule has 12 aromatic rings. The molecule has 0 amide bonds. The molecule has 0 atom stereocenters. The number of fused-ring (bicyclic) bond motifs is 6. The van der Waals surface area contributed by atoms with Gasteiger partial charge in [0.1, 0.15) is 11.2 Å². The number of nitriles is 1. The Morgan fingerprint density at radius 1 is 0.375 bits per heavy atom. The van der Waals surface area contributed by atoms with Gasteiger partial charge in [-0.05, 0) is 94.0 Å². The van der Waals surface area contributed by atoms with Crippen LogP contribution in [0.3, 0.4) is 0 Å². The number of benzene rings is 9. The average molecular weight is 818 g/mol. The minimum atomic E-state index is 0.535. The van der Waals surface area contributed by atoms with Crippen LogP contribution in [0.15, 0.2) is 217 Å². The quantitative estimate of drug-likeness (QED) is 0.160. The fraction of sp³-hybridized carbons (Fsp3) is 0. The molecule has 0 N–H and O–H groups in total. The molecule has 0 aliphatic rings. The average Bonchev–Trinajstić information content (AvgIpc) is 3.92. The monoisotopic (exact) mass is 817 g/mol. The van der Waals surface area contributed by atoms with Crippen LogP contribution in [-0.4, -0.2) is 19.5 Å². The van der Waals surface area contributed by atoms with E-state index in [2.05, 4.69) is 168 Å². The first-order chi connectivity index (χ1) is 31.7. The predicted molar refractivity (Wildman–Crippen MR) is 259 cm³/mol. The van der Waals surface area contributed by atoms with Gasteiger partial charge in [-0.25, -0.2) is 15.0 Å². The summed E-state index contributed by atoms with van der Waals surface area (Å²) < 4.78 is 8.95. The Balaban J connectivity index is 1.03. The Bertz CT molecular complexity index is 3790. The van der Waals surface area contributed by atoms with Gasteiger partial charge in [0.2, 0.25) is 0 Å². The summed E-state index contributed by atoms with van der Waals surface area (Å²) in [5, 5.41) is 13.8. The molecule has 6 heteroatoms. The normalized spacial score (nSPS) is 11.4. The zero-order valence-electron chi connectivity index (χ0n) is 34.4. The Morgan fingerprint density at radius 3 is 1.80 bits per heavy atom. The number of rotatable bonds is 7. The standard InChI is InChI=1S/C58H35N5O/c59-36-37-13-9-16-41(33-37)39-27-29-40(30-28-39)56-60-57(62-58(61-56)49-23-11-25-51-54(49)47-21-7-8-24-50(47)63(51)45-19-5-2-6-20-45)44-31-32-48-53(35-44)64-52-26-12-22-46(55(48)52)43-18-10-17-42(34-43)38-14-3-1-4-15-38/h1-35H. The van der Waals surface area contributed by atoms with Crippen molar-refractivity contribution in [3.63, 3.8) is 0 Å². The van der Waals surface area contributed by atoms with Crippen LogP contribution in [0.1, 0.15) is 5.56 Å². The molecule has 3 aromatic heterocycles. The lowest BCUT2D eigenvalue weighted by Gasteiger charge is -2.11. The van der Waals surface area contributed by atoms with Crippen molar-refractivity contribution in [3.8, 4) is 79.3 Å². The van der Waals surface area contributed by atoms with E-state index >= 15 is 0 Å². The first-order valence-corrected chi connectivity index (χ1v) is 21.2. The van der Waals surface area contributed by atoms with E-state index in [9.17, 15) is 5.26 Å². The molecule has 298 valence electrons. The van der Waals surface area contributed by atoms with Crippen LogP contribution in [0.25, 0.3) is 117 Å². The lowest BCUT2D eigenvalue weighted by atomic mass is 9.96. The molecule has 0 saturated heterocycles. The van der Waals surface area contributed by atoms with Crippen LogP contribution < -0.4 is 0 Å². The summed E-state index contributed by atoms with van der Waals surface area (Å²) in [6, 6.07) is 75.0. The van der Waals surface area contributed by atoms with Crippen molar-refractivity contribution in [2.75, 3.05) is 0 Å². The van der Waals surface area contributed by atoms with Gasteiger partial charge >= 0.3 is 0 Å². The highest BCUT2D eigenvalue weighted by molar-refractivity contribution is 6.16. The van der Waals surface area contributed by atoms with Crippen molar-refractivity contribution >= 4 is 43.7 Å². The molecule has 0 fully saturated rings. The van der Waals surface area contributed by atoms with Crippen LogP contribution in [-0.2, 0) is 0 Å². The number of para-hydroxylation sites is 2. The molecule has 0 bridgehead atoms. The van der Waals surface area contributed by atoms with Crippen LogP contribution >= 0.6 is 0 Å². The number of hydrogen-bond acceptors (Lipinski definition) is 5. The third kappa shape index (κ3) is 6.31. The Labute approximate surface area is 368 Å². The van der Waals surface area contributed by atoms with Gasteiger partial charge in [0.15, 0.2) is 17.5 Å². The van der Waals surface area contributed by atoms with E-state index in [4.69, 9.17) is 19.4 Å². The van der Waals surface area contributed by atoms with Crippen molar-refractivity contribution in [2.45, 2.75) is 0 Å². The highest BCUT2D eigenvalue weighted by Crippen LogP contribution is 2.41. The highest BCUT2D eigenvalue weighted by Gasteiger charge is 2.21. The van der Waals surface area contributed by atoms with Crippen LogP contribution in [0.5, 0.6) is 0 Å². The summed E-state index contributed by atoms with van der Waals surface area (Å²) in [6.07, 6.45) is 0. The van der Waals surface area contributed by atoms with E-state index in [0.29, 0.717) is 23.0 Å². The molecule has 0 spiro atoms. The second kappa shape index (κ2) is 15.2. The maximum atomic E-state index is 9.55. The Morgan fingerprint density at radius 2 is 0.969 bits per heavy atom. The number of hydrogen-bond donors (Lipinski definition) is 0. The molecule has 0 radical (unpaired) electrons. The first-order valence-electron chi connectivity index (χ1n) is 21.2. The van der Waals surface area contributed by atoms with Crippen molar-refractivity contribution < 1.29 is 4.42 Å². The smallest absolute Gasteiger partial charge is 0.164 e. The van der Waals surface area contributed by atoms with Crippen LogP contribution in [0.2, 0.25) is 0 Å². The third-order valence-electron chi connectivity index (χ3n) is 12.1.